The molecule has 0 amide bonds. The van der Waals surface area contributed by atoms with E-state index >= 15 is 0 Å². The highest BCUT2D eigenvalue weighted by molar-refractivity contribution is 6.16. The SMILES string of the molecule is O=c1c2ccccc2nc(CCl)n1-c1ccccc1F. The predicted octanol–water partition coefficient (Wildman–Crippen LogP) is 3.26. The van der Waals surface area contributed by atoms with Crippen molar-refractivity contribution in [2.45, 2.75) is 5.88 Å². The summed E-state index contributed by atoms with van der Waals surface area (Å²) in [4.78, 5) is 16.9. The molecule has 0 saturated heterocycles. The smallest absolute Gasteiger partial charge is 0.266 e. The Bertz CT molecular complexity index is 845. The van der Waals surface area contributed by atoms with Crippen molar-refractivity contribution in [2.24, 2.45) is 0 Å². The number of nitrogens with zero attached hydrogens (tertiary/aromatic N) is 2. The zero-order chi connectivity index (χ0) is 14.1. The van der Waals surface area contributed by atoms with Crippen LogP contribution in [0.3, 0.4) is 0 Å². The summed E-state index contributed by atoms with van der Waals surface area (Å²) in [5, 5.41) is 0.435. The fraction of sp³-hybridized carbons (Fsp3) is 0.0667. The molecule has 0 radical (unpaired) electrons. The van der Waals surface area contributed by atoms with Gasteiger partial charge in [-0.15, -0.1) is 11.6 Å². The molecule has 0 atom stereocenters. The number of rotatable bonds is 2. The third-order valence-electron chi connectivity index (χ3n) is 3.06. The lowest BCUT2D eigenvalue weighted by atomic mass is 10.2. The highest BCUT2D eigenvalue weighted by Crippen LogP contribution is 2.16. The molecular formula is C15H10ClFN2O. The van der Waals surface area contributed by atoms with Crippen molar-refractivity contribution in [3.05, 3.63) is 70.5 Å². The molecule has 1 heterocycles. The molecule has 2 aromatic carbocycles. The van der Waals surface area contributed by atoms with Crippen LogP contribution in [0.1, 0.15) is 5.82 Å². The number of para-hydroxylation sites is 2. The maximum Gasteiger partial charge on any atom is 0.266 e. The molecule has 100 valence electrons. The van der Waals surface area contributed by atoms with Gasteiger partial charge < -0.3 is 0 Å². The zero-order valence-electron chi connectivity index (χ0n) is 10.4. The molecule has 0 unspecified atom stereocenters. The Hall–Kier alpha value is -2.20. The lowest BCUT2D eigenvalue weighted by Gasteiger charge is -2.12. The van der Waals surface area contributed by atoms with Crippen molar-refractivity contribution in [1.82, 2.24) is 9.55 Å². The lowest BCUT2D eigenvalue weighted by Crippen LogP contribution is -2.24. The summed E-state index contributed by atoms with van der Waals surface area (Å²) in [6.45, 7) is 0. The van der Waals surface area contributed by atoms with Gasteiger partial charge in [-0.25, -0.2) is 9.37 Å². The second kappa shape index (κ2) is 5.06. The van der Waals surface area contributed by atoms with Crippen LogP contribution in [0.25, 0.3) is 16.6 Å². The fourth-order valence-electron chi connectivity index (χ4n) is 2.15. The number of benzene rings is 2. The average Bonchev–Trinajstić information content (AvgIpc) is 2.48. The van der Waals surface area contributed by atoms with Gasteiger partial charge in [-0.2, -0.15) is 0 Å². The van der Waals surface area contributed by atoms with E-state index in [4.69, 9.17) is 11.6 Å². The van der Waals surface area contributed by atoms with E-state index in [0.717, 1.165) is 0 Å². The zero-order valence-corrected chi connectivity index (χ0v) is 11.1. The monoisotopic (exact) mass is 288 g/mol. The molecule has 0 aliphatic heterocycles. The fourth-order valence-corrected chi connectivity index (χ4v) is 2.33. The van der Waals surface area contributed by atoms with Crippen LogP contribution in [-0.4, -0.2) is 9.55 Å². The maximum atomic E-state index is 13.9. The average molecular weight is 289 g/mol. The molecule has 0 spiro atoms. The standard InChI is InChI=1S/C15H10ClFN2O/c16-9-14-18-12-7-3-1-5-10(12)15(20)19(14)13-8-4-2-6-11(13)17/h1-8H,9H2. The first-order valence-electron chi connectivity index (χ1n) is 6.04. The molecule has 3 aromatic rings. The quantitative estimate of drug-likeness (QED) is 0.678. The van der Waals surface area contributed by atoms with Gasteiger partial charge in [-0.3, -0.25) is 9.36 Å². The summed E-state index contributed by atoms with van der Waals surface area (Å²) >= 11 is 5.86. The molecule has 0 saturated carbocycles. The van der Waals surface area contributed by atoms with Crippen molar-refractivity contribution < 1.29 is 4.39 Å². The van der Waals surface area contributed by atoms with E-state index in [1.54, 1.807) is 36.4 Å². The Balaban J connectivity index is 2.43. The molecule has 0 bridgehead atoms. The second-order valence-corrected chi connectivity index (χ2v) is 4.54. The minimum Gasteiger partial charge on any atom is -0.268 e. The van der Waals surface area contributed by atoms with Crippen molar-refractivity contribution in [1.29, 1.82) is 0 Å². The molecule has 0 aliphatic rings. The highest BCUT2D eigenvalue weighted by Gasteiger charge is 2.14. The van der Waals surface area contributed by atoms with E-state index < -0.39 is 5.82 Å². The van der Waals surface area contributed by atoms with Gasteiger partial charge in [0.05, 0.1) is 22.5 Å². The molecule has 1 aromatic heterocycles. The van der Waals surface area contributed by atoms with Crippen LogP contribution >= 0.6 is 11.6 Å². The summed E-state index contributed by atoms with van der Waals surface area (Å²) in [7, 11) is 0. The Morgan fingerprint density at radius 3 is 2.55 bits per heavy atom. The third-order valence-corrected chi connectivity index (χ3v) is 3.30. The number of halogens is 2. The van der Waals surface area contributed by atoms with E-state index in [9.17, 15) is 9.18 Å². The Kier molecular flexibility index (Phi) is 3.24. The van der Waals surface area contributed by atoms with Crippen molar-refractivity contribution in [2.75, 3.05) is 0 Å². The first-order valence-corrected chi connectivity index (χ1v) is 6.57. The number of hydrogen-bond acceptors (Lipinski definition) is 2. The van der Waals surface area contributed by atoms with Crippen LogP contribution in [-0.2, 0) is 5.88 Å². The summed E-state index contributed by atoms with van der Waals surface area (Å²) in [5.41, 5.74) is 0.392. The van der Waals surface area contributed by atoms with E-state index in [0.29, 0.717) is 16.7 Å². The van der Waals surface area contributed by atoms with Gasteiger partial charge in [0.2, 0.25) is 0 Å². The predicted molar refractivity (Wildman–Crippen MR) is 76.9 cm³/mol. The minimum absolute atomic E-state index is 0.0222. The molecule has 20 heavy (non-hydrogen) atoms. The van der Waals surface area contributed by atoms with E-state index in [1.165, 1.54) is 16.7 Å². The Labute approximate surface area is 119 Å². The Morgan fingerprint density at radius 1 is 1.10 bits per heavy atom. The summed E-state index contributed by atoms with van der Waals surface area (Å²) in [6.07, 6.45) is 0. The Morgan fingerprint density at radius 2 is 1.80 bits per heavy atom. The van der Waals surface area contributed by atoms with E-state index in [-0.39, 0.29) is 17.1 Å². The van der Waals surface area contributed by atoms with Gasteiger partial charge in [0, 0.05) is 0 Å². The molecule has 3 nitrogen and oxygen atoms in total. The topological polar surface area (TPSA) is 34.9 Å². The first-order chi connectivity index (χ1) is 9.72. The summed E-state index contributed by atoms with van der Waals surface area (Å²) in [6, 6.07) is 13.0. The molecule has 0 aliphatic carbocycles. The van der Waals surface area contributed by atoms with Gasteiger partial charge in [-0.05, 0) is 24.3 Å². The molecule has 5 heteroatoms. The van der Waals surface area contributed by atoms with Gasteiger partial charge >= 0.3 is 0 Å². The van der Waals surface area contributed by atoms with E-state index in [1.807, 2.05) is 0 Å². The van der Waals surface area contributed by atoms with Gasteiger partial charge in [0.15, 0.2) is 0 Å². The van der Waals surface area contributed by atoms with Crippen LogP contribution in [0.5, 0.6) is 0 Å². The molecule has 0 fully saturated rings. The van der Waals surface area contributed by atoms with Crippen LogP contribution in [0, 0.1) is 5.82 Å². The van der Waals surface area contributed by atoms with Gasteiger partial charge in [0.1, 0.15) is 11.6 Å². The molecule has 0 N–H and O–H groups in total. The molecular weight excluding hydrogens is 279 g/mol. The van der Waals surface area contributed by atoms with Crippen molar-refractivity contribution in [3.8, 4) is 5.69 Å². The summed E-state index contributed by atoms with van der Waals surface area (Å²) < 4.78 is 15.2. The number of aromatic nitrogens is 2. The number of alkyl halides is 1. The maximum absolute atomic E-state index is 13.9. The highest BCUT2D eigenvalue weighted by atomic mass is 35.5. The summed E-state index contributed by atoms with van der Waals surface area (Å²) in [5.74, 6) is -0.146. The van der Waals surface area contributed by atoms with E-state index in [2.05, 4.69) is 4.98 Å². The second-order valence-electron chi connectivity index (χ2n) is 4.27. The number of hydrogen-bond donors (Lipinski definition) is 0. The van der Waals surface area contributed by atoms with Crippen LogP contribution < -0.4 is 5.56 Å². The van der Waals surface area contributed by atoms with Crippen LogP contribution in [0.4, 0.5) is 4.39 Å². The van der Waals surface area contributed by atoms with Crippen LogP contribution in [0.2, 0.25) is 0 Å². The van der Waals surface area contributed by atoms with Gasteiger partial charge in [0.25, 0.3) is 5.56 Å². The van der Waals surface area contributed by atoms with Gasteiger partial charge in [-0.1, -0.05) is 24.3 Å². The van der Waals surface area contributed by atoms with Crippen molar-refractivity contribution >= 4 is 22.5 Å². The number of fused-ring (bicyclic) bond motifs is 1. The first kappa shape index (κ1) is 12.8. The largest absolute Gasteiger partial charge is 0.268 e. The van der Waals surface area contributed by atoms with Crippen LogP contribution in [0.15, 0.2) is 53.3 Å². The normalized spacial score (nSPS) is 10.9. The third kappa shape index (κ3) is 1.98. The minimum atomic E-state index is -0.488. The van der Waals surface area contributed by atoms with Crippen molar-refractivity contribution in [3.63, 3.8) is 0 Å². The molecule has 3 rings (SSSR count). The lowest BCUT2D eigenvalue weighted by molar-refractivity contribution is 0.613.